The van der Waals surface area contributed by atoms with Crippen LogP contribution in [0.5, 0.6) is 5.75 Å². The van der Waals surface area contributed by atoms with Crippen LogP contribution in [0.25, 0.3) is 10.2 Å². The topological polar surface area (TPSA) is 101 Å². The minimum absolute atomic E-state index is 0.121. The normalized spacial score (nSPS) is 15.9. The number of benzene rings is 2. The van der Waals surface area contributed by atoms with Crippen LogP contribution in [0, 0.1) is 5.92 Å². The predicted molar refractivity (Wildman–Crippen MR) is 121 cm³/mol. The van der Waals surface area contributed by atoms with Crippen molar-refractivity contribution in [3.05, 3.63) is 42.5 Å². The van der Waals surface area contributed by atoms with Gasteiger partial charge in [-0.3, -0.25) is 14.4 Å². The van der Waals surface area contributed by atoms with Crippen LogP contribution < -0.4 is 20.3 Å². The number of hydrogen-bond acceptors (Lipinski definition) is 6. The molecule has 2 heterocycles. The largest absolute Gasteiger partial charge is 0.494 e. The second-order valence-corrected chi connectivity index (χ2v) is 8.24. The lowest BCUT2D eigenvalue weighted by atomic mass is 10.1. The molecule has 0 unspecified atom stereocenters. The van der Waals surface area contributed by atoms with Crippen LogP contribution in [-0.2, 0) is 14.4 Å². The molecule has 0 aliphatic carbocycles. The minimum atomic E-state index is -0.483. The van der Waals surface area contributed by atoms with Gasteiger partial charge in [-0.05, 0) is 43.3 Å². The molecule has 2 N–H and O–H groups in total. The van der Waals surface area contributed by atoms with Crippen molar-refractivity contribution in [2.24, 2.45) is 5.92 Å². The van der Waals surface area contributed by atoms with Crippen molar-refractivity contribution in [2.75, 3.05) is 28.7 Å². The smallest absolute Gasteiger partial charge is 0.231 e. The molecule has 1 aromatic heterocycles. The Kier molecular flexibility index (Phi) is 5.85. The number of rotatable bonds is 6. The summed E-state index contributed by atoms with van der Waals surface area (Å²) in [6, 6.07) is 12.6. The summed E-state index contributed by atoms with van der Waals surface area (Å²) in [4.78, 5) is 42.6. The van der Waals surface area contributed by atoms with Crippen molar-refractivity contribution in [1.82, 2.24) is 4.98 Å². The average molecular weight is 439 g/mol. The lowest BCUT2D eigenvalue weighted by Gasteiger charge is -2.17. The number of nitrogens with zero attached hydrogens (tertiary/aromatic N) is 2. The molecule has 1 fully saturated rings. The fraction of sp³-hybridized carbons (Fsp3) is 0.273. The number of ether oxygens (including phenoxy) is 1. The Balaban J connectivity index is 1.45. The van der Waals surface area contributed by atoms with Gasteiger partial charge in [0.1, 0.15) is 5.75 Å². The zero-order chi connectivity index (χ0) is 22.0. The third kappa shape index (κ3) is 4.66. The average Bonchev–Trinajstić information content (AvgIpc) is 3.30. The second-order valence-electron chi connectivity index (χ2n) is 7.21. The quantitative estimate of drug-likeness (QED) is 0.612. The molecule has 3 aromatic rings. The Bertz CT molecular complexity index is 1160. The third-order valence-corrected chi connectivity index (χ3v) is 5.81. The van der Waals surface area contributed by atoms with Gasteiger partial charge in [-0.1, -0.05) is 17.4 Å². The summed E-state index contributed by atoms with van der Waals surface area (Å²) in [6.07, 6.45) is 0.121. The summed E-state index contributed by atoms with van der Waals surface area (Å²) in [7, 11) is 0. The molecule has 1 saturated heterocycles. The standard InChI is InChI=1S/C22H22N4O4S/c1-3-30-17-7-8-18-19(11-17)31-22(24-18)25-21(29)14-9-20(28)26(12-14)16-6-4-5-15(10-16)23-13(2)27/h4-8,10-11,14H,3,9,12H2,1-2H3,(H,23,27)(H,24,25,29)/t14-/m1/s1. The van der Waals surface area contributed by atoms with Gasteiger partial charge in [0.05, 0.1) is 22.7 Å². The molecule has 0 radical (unpaired) electrons. The lowest BCUT2D eigenvalue weighted by molar-refractivity contribution is -0.122. The number of nitrogens with one attached hydrogen (secondary N) is 2. The van der Waals surface area contributed by atoms with E-state index in [4.69, 9.17) is 4.74 Å². The Morgan fingerprint density at radius 1 is 1.23 bits per heavy atom. The number of aromatic nitrogens is 1. The van der Waals surface area contributed by atoms with Crippen LogP contribution in [0.4, 0.5) is 16.5 Å². The SMILES string of the molecule is CCOc1ccc2nc(NC(=O)[C@@H]3CC(=O)N(c4cccc(NC(C)=O)c4)C3)sc2c1. The highest BCUT2D eigenvalue weighted by molar-refractivity contribution is 7.22. The van der Waals surface area contributed by atoms with Crippen LogP contribution in [-0.4, -0.2) is 35.9 Å². The summed E-state index contributed by atoms with van der Waals surface area (Å²) >= 11 is 1.37. The monoisotopic (exact) mass is 438 g/mol. The molecule has 160 valence electrons. The lowest BCUT2D eigenvalue weighted by Crippen LogP contribution is -2.28. The molecule has 0 spiro atoms. The van der Waals surface area contributed by atoms with E-state index in [1.165, 1.54) is 18.3 Å². The predicted octanol–water partition coefficient (Wildman–Crippen LogP) is 3.65. The molecular formula is C22H22N4O4S. The van der Waals surface area contributed by atoms with Crippen LogP contribution in [0.2, 0.25) is 0 Å². The van der Waals surface area contributed by atoms with Crippen LogP contribution in [0.3, 0.4) is 0 Å². The van der Waals surface area contributed by atoms with Gasteiger partial charge < -0.3 is 20.3 Å². The molecule has 1 aliphatic rings. The van der Waals surface area contributed by atoms with E-state index in [1.807, 2.05) is 25.1 Å². The highest BCUT2D eigenvalue weighted by Crippen LogP contribution is 2.31. The first-order chi connectivity index (χ1) is 14.9. The van der Waals surface area contributed by atoms with E-state index < -0.39 is 5.92 Å². The first-order valence-corrected chi connectivity index (χ1v) is 10.8. The van der Waals surface area contributed by atoms with E-state index >= 15 is 0 Å². The Labute approximate surface area is 183 Å². The van der Waals surface area contributed by atoms with Crippen molar-refractivity contribution in [3.8, 4) is 5.75 Å². The Morgan fingerprint density at radius 2 is 2.06 bits per heavy atom. The molecule has 8 nitrogen and oxygen atoms in total. The molecule has 1 atom stereocenters. The van der Waals surface area contributed by atoms with Crippen molar-refractivity contribution in [2.45, 2.75) is 20.3 Å². The molecule has 4 rings (SSSR count). The summed E-state index contributed by atoms with van der Waals surface area (Å²) in [5, 5.41) is 6.04. The van der Waals surface area contributed by atoms with E-state index in [-0.39, 0.29) is 30.7 Å². The molecule has 9 heteroatoms. The van der Waals surface area contributed by atoms with E-state index in [9.17, 15) is 14.4 Å². The first kappa shape index (κ1) is 20.8. The number of hydrogen-bond donors (Lipinski definition) is 2. The highest BCUT2D eigenvalue weighted by atomic mass is 32.1. The zero-order valence-electron chi connectivity index (χ0n) is 17.2. The summed E-state index contributed by atoms with van der Waals surface area (Å²) in [6.45, 7) is 4.19. The maximum absolute atomic E-state index is 12.8. The molecular weight excluding hydrogens is 416 g/mol. The van der Waals surface area contributed by atoms with Crippen LogP contribution in [0.15, 0.2) is 42.5 Å². The number of fused-ring (bicyclic) bond motifs is 1. The van der Waals surface area contributed by atoms with Gasteiger partial charge in [0.15, 0.2) is 5.13 Å². The van der Waals surface area contributed by atoms with E-state index in [1.54, 1.807) is 29.2 Å². The fourth-order valence-corrected chi connectivity index (χ4v) is 4.41. The maximum Gasteiger partial charge on any atom is 0.231 e. The summed E-state index contributed by atoms with van der Waals surface area (Å²) in [5.41, 5.74) is 2.03. The summed E-state index contributed by atoms with van der Waals surface area (Å²) < 4.78 is 6.42. The Hall–Kier alpha value is -3.46. The maximum atomic E-state index is 12.8. The molecule has 0 bridgehead atoms. The molecule has 1 aliphatic heterocycles. The fourth-order valence-electron chi connectivity index (χ4n) is 3.51. The Morgan fingerprint density at radius 3 is 2.84 bits per heavy atom. The number of thiazole rings is 1. The zero-order valence-corrected chi connectivity index (χ0v) is 18.0. The van der Waals surface area contributed by atoms with Gasteiger partial charge in [0.25, 0.3) is 0 Å². The second kappa shape index (κ2) is 8.73. The van der Waals surface area contributed by atoms with Crippen molar-refractivity contribution in [1.29, 1.82) is 0 Å². The van der Waals surface area contributed by atoms with E-state index in [0.29, 0.717) is 23.1 Å². The number of anilines is 3. The van der Waals surface area contributed by atoms with Gasteiger partial charge in [-0.25, -0.2) is 4.98 Å². The number of carbonyl (C=O) groups is 3. The summed E-state index contributed by atoms with van der Waals surface area (Å²) in [5.74, 6) is -0.284. The van der Waals surface area contributed by atoms with E-state index in [2.05, 4.69) is 15.6 Å². The third-order valence-electron chi connectivity index (χ3n) is 4.88. The van der Waals surface area contributed by atoms with Crippen LogP contribution in [0.1, 0.15) is 20.3 Å². The van der Waals surface area contributed by atoms with Crippen molar-refractivity contribution >= 4 is 55.8 Å². The van der Waals surface area contributed by atoms with Crippen molar-refractivity contribution in [3.63, 3.8) is 0 Å². The van der Waals surface area contributed by atoms with Crippen LogP contribution >= 0.6 is 11.3 Å². The van der Waals surface area contributed by atoms with Gasteiger partial charge in [-0.2, -0.15) is 0 Å². The number of amides is 3. The van der Waals surface area contributed by atoms with Gasteiger partial charge in [0.2, 0.25) is 17.7 Å². The molecule has 31 heavy (non-hydrogen) atoms. The van der Waals surface area contributed by atoms with Gasteiger partial charge >= 0.3 is 0 Å². The molecule has 3 amide bonds. The highest BCUT2D eigenvalue weighted by Gasteiger charge is 2.35. The molecule has 2 aromatic carbocycles. The van der Waals surface area contributed by atoms with Gasteiger partial charge in [0, 0.05) is 31.3 Å². The first-order valence-electron chi connectivity index (χ1n) is 9.95. The minimum Gasteiger partial charge on any atom is -0.494 e. The van der Waals surface area contributed by atoms with Gasteiger partial charge in [-0.15, -0.1) is 0 Å². The van der Waals surface area contributed by atoms with E-state index in [0.717, 1.165) is 16.0 Å². The number of carbonyl (C=O) groups excluding carboxylic acids is 3. The molecule has 0 saturated carbocycles. The van der Waals surface area contributed by atoms with Crippen molar-refractivity contribution < 1.29 is 19.1 Å².